The van der Waals surface area contributed by atoms with E-state index in [1.807, 2.05) is 25.1 Å². The molecule has 0 spiro atoms. The van der Waals surface area contributed by atoms with Gasteiger partial charge in [-0.25, -0.2) is 0 Å². The molecule has 6 nitrogen and oxygen atoms in total. The highest BCUT2D eigenvalue weighted by Crippen LogP contribution is 2.15. The Kier molecular flexibility index (Phi) is 5.28. The van der Waals surface area contributed by atoms with Crippen LogP contribution in [0.2, 0.25) is 0 Å². The first-order valence-electron chi connectivity index (χ1n) is 8.56. The summed E-state index contributed by atoms with van der Waals surface area (Å²) in [6.07, 6.45) is 5.38. The van der Waals surface area contributed by atoms with Crippen molar-refractivity contribution in [3.8, 4) is 0 Å². The molecule has 1 atom stereocenters. The second kappa shape index (κ2) is 7.61. The van der Waals surface area contributed by atoms with E-state index in [1.54, 1.807) is 23.9 Å². The summed E-state index contributed by atoms with van der Waals surface area (Å²) >= 11 is 0. The lowest BCUT2D eigenvalue weighted by Crippen LogP contribution is -2.36. The van der Waals surface area contributed by atoms with Gasteiger partial charge < -0.3 is 14.6 Å². The molecule has 2 aromatic rings. The van der Waals surface area contributed by atoms with Gasteiger partial charge in [0.05, 0.1) is 12.6 Å². The van der Waals surface area contributed by atoms with Crippen LogP contribution in [0, 0.1) is 13.8 Å². The zero-order chi connectivity index (χ0) is 17.8. The van der Waals surface area contributed by atoms with Crippen molar-refractivity contribution in [2.75, 3.05) is 6.61 Å². The summed E-state index contributed by atoms with van der Waals surface area (Å²) in [5.41, 5.74) is 2.38. The molecule has 1 amide bonds. The summed E-state index contributed by atoms with van der Waals surface area (Å²) < 4.78 is 7.29. The second-order valence-corrected chi connectivity index (χ2v) is 6.44. The van der Waals surface area contributed by atoms with E-state index in [2.05, 4.69) is 10.3 Å². The molecule has 1 aliphatic heterocycles. The number of rotatable bonds is 5. The van der Waals surface area contributed by atoms with Crippen molar-refractivity contribution in [3.05, 3.63) is 63.3 Å². The largest absolute Gasteiger partial charge is 0.376 e. The maximum Gasteiger partial charge on any atom is 0.263 e. The van der Waals surface area contributed by atoms with E-state index in [-0.39, 0.29) is 23.1 Å². The molecule has 1 saturated heterocycles. The topological polar surface area (TPSA) is 73.2 Å². The zero-order valence-corrected chi connectivity index (χ0v) is 14.6. The van der Waals surface area contributed by atoms with E-state index >= 15 is 0 Å². The second-order valence-electron chi connectivity index (χ2n) is 6.44. The predicted molar refractivity (Wildman–Crippen MR) is 94.6 cm³/mol. The minimum Gasteiger partial charge on any atom is -0.376 e. The molecule has 0 aliphatic carbocycles. The van der Waals surface area contributed by atoms with Crippen LogP contribution in [-0.4, -0.2) is 28.2 Å². The molecule has 25 heavy (non-hydrogen) atoms. The van der Waals surface area contributed by atoms with Crippen molar-refractivity contribution < 1.29 is 9.53 Å². The third-order valence-electron chi connectivity index (χ3n) is 4.52. The Labute approximate surface area is 146 Å². The molecule has 3 heterocycles. The van der Waals surface area contributed by atoms with Crippen molar-refractivity contribution in [2.45, 2.75) is 45.9 Å². The molecule has 2 aromatic heterocycles. The molecule has 0 saturated carbocycles. The van der Waals surface area contributed by atoms with Crippen LogP contribution in [0.25, 0.3) is 0 Å². The number of amides is 1. The number of ether oxygens (including phenoxy) is 1. The molecule has 6 heteroatoms. The molecule has 132 valence electrons. The number of carbonyl (C=O) groups is 1. The van der Waals surface area contributed by atoms with E-state index in [0.29, 0.717) is 18.7 Å². The summed E-state index contributed by atoms with van der Waals surface area (Å²) in [6, 6.07) is 5.58. The highest BCUT2D eigenvalue weighted by molar-refractivity contribution is 5.95. The van der Waals surface area contributed by atoms with Crippen molar-refractivity contribution in [1.29, 1.82) is 0 Å². The van der Waals surface area contributed by atoms with Gasteiger partial charge in [0.25, 0.3) is 11.5 Å². The molecule has 0 bridgehead atoms. The molecular formula is C19H23N3O3. The van der Waals surface area contributed by atoms with E-state index in [9.17, 15) is 9.59 Å². The zero-order valence-electron chi connectivity index (χ0n) is 14.6. The highest BCUT2D eigenvalue weighted by atomic mass is 16.5. The molecule has 1 N–H and O–H groups in total. The first kappa shape index (κ1) is 17.4. The smallest absolute Gasteiger partial charge is 0.263 e. The van der Waals surface area contributed by atoms with E-state index < -0.39 is 0 Å². The standard InChI is InChI=1S/C19H23N3O3/c1-13-9-14(2)22(12-16-6-4-8-25-16)19(24)17(13)18(23)21-11-15-5-3-7-20-10-15/h3,5,7,9-10,16H,4,6,8,11-12H2,1-2H3,(H,21,23)/t16-/m0/s1. The van der Waals surface area contributed by atoms with Gasteiger partial charge in [-0.05, 0) is 49.9 Å². The number of hydrogen-bond donors (Lipinski definition) is 1. The molecular weight excluding hydrogens is 318 g/mol. The fourth-order valence-corrected chi connectivity index (χ4v) is 3.20. The number of nitrogens with one attached hydrogen (secondary N) is 1. The van der Waals surface area contributed by atoms with Crippen LogP contribution in [0.4, 0.5) is 0 Å². The van der Waals surface area contributed by atoms with Gasteiger partial charge in [0, 0.05) is 31.2 Å². The Morgan fingerprint density at radius 3 is 2.96 bits per heavy atom. The van der Waals surface area contributed by atoms with Crippen LogP contribution in [0.15, 0.2) is 35.4 Å². The minimum atomic E-state index is -0.354. The van der Waals surface area contributed by atoms with Gasteiger partial charge in [0.1, 0.15) is 5.56 Å². The highest BCUT2D eigenvalue weighted by Gasteiger charge is 2.21. The van der Waals surface area contributed by atoms with E-state index in [0.717, 1.165) is 30.7 Å². The summed E-state index contributed by atoms with van der Waals surface area (Å²) in [6.45, 7) is 5.26. The Bertz CT molecular complexity index is 809. The minimum absolute atomic E-state index is 0.0467. The van der Waals surface area contributed by atoms with Gasteiger partial charge in [-0.3, -0.25) is 14.6 Å². The molecule has 1 fully saturated rings. The average molecular weight is 341 g/mol. The summed E-state index contributed by atoms with van der Waals surface area (Å²) in [7, 11) is 0. The lowest BCUT2D eigenvalue weighted by atomic mass is 10.1. The summed E-state index contributed by atoms with van der Waals surface area (Å²) in [5, 5.41) is 2.81. The Morgan fingerprint density at radius 1 is 1.44 bits per heavy atom. The van der Waals surface area contributed by atoms with Gasteiger partial charge in [0.2, 0.25) is 0 Å². The van der Waals surface area contributed by atoms with Crippen molar-refractivity contribution in [2.24, 2.45) is 0 Å². The van der Waals surface area contributed by atoms with Crippen LogP contribution < -0.4 is 10.9 Å². The summed E-state index contributed by atoms with van der Waals surface area (Å²) in [4.78, 5) is 29.5. The third-order valence-corrected chi connectivity index (χ3v) is 4.52. The molecule has 0 aromatic carbocycles. The first-order valence-corrected chi connectivity index (χ1v) is 8.56. The maximum atomic E-state index is 12.9. The quantitative estimate of drug-likeness (QED) is 0.902. The van der Waals surface area contributed by atoms with E-state index in [1.165, 1.54) is 0 Å². The van der Waals surface area contributed by atoms with Crippen LogP contribution in [-0.2, 0) is 17.8 Å². The molecule has 3 rings (SSSR count). The lowest BCUT2D eigenvalue weighted by molar-refractivity contribution is 0.0926. The van der Waals surface area contributed by atoms with Gasteiger partial charge >= 0.3 is 0 Å². The monoisotopic (exact) mass is 341 g/mol. The van der Waals surface area contributed by atoms with Crippen molar-refractivity contribution in [3.63, 3.8) is 0 Å². The fraction of sp³-hybridized carbons (Fsp3) is 0.421. The van der Waals surface area contributed by atoms with Crippen LogP contribution in [0.1, 0.15) is 40.0 Å². The van der Waals surface area contributed by atoms with Gasteiger partial charge in [-0.2, -0.15) is 0 Å². The van der Waals surface area contributed by atoms with Crippen LogP contribution >= 0.6 is 0 Å². The number of hydrogen-bond acceptors (Lipinski definition) is 4. The van der Waals surface area contributed by atoms with Gasteiger partial charge in [-0.1, -0.05) is 6.07 Å². The number of nitrogens with zero attached hydrogens (tertiary/aromatic N) is 2. The van der Waals surface area contributed by atoms with Crippen LogP contribution in [0.3, 0.4) is 0 Å². The Morgan fingerprint density at radius 2 is 2.28 bits per heavy atom. The molecule has 1 aliphatic rings. The number of carbonyl (C=O) groups excluding carboxylic acids is 1. The third kappa shape index (κ3) is 3.96. The number of aryl methyl sites for hydroxylation is 2. The molecule has 0 unspecified atom stereocenters. The number of pyridine rings is 2. The van der Waals surface area contributed by atoms with Gasteiger partial charge in [0.15, 0.2) is 0 Å². The number of aromatic nitrogens is 2. The Hall–Kier alpha value is -2.47. The van der Waals surface area contributed by atoms with Gasteiger partial charge in [-0.15, -0.1) is 0 Å². The summed E-state index contributed by atoms with van der Waals surface area (Å²) in [5.74, 6) is -0.354. The fourth-order valence-electron chi connectivity index (χ4n) is 3.20. The SMILES string of the molecule is Cc1cc(C)n(C[C@@H]2CCCO2)c(=O)c1C(=O)NCc1cccnc1. The van der Waals surface area contributed by atoms with Crippen LogP contribution in [0.5, 0.6) is 0 Å². The van der Waals surface area contributed by atoms with Crippen molar-refractivity contribution in [1.82, 2.24) is 14.9 Å². The Balaban J connectivity index is 1.82. The van der Waals surface area contributed by atoms with E-state index in [4.69, 9.17) is 4.74 Å². The maximum absolute atomic E-state index is 12.9. The lowest BCUT2D eigenvalue weighted by Gasteiger charge is -2.17. The first-order chi connectivity index (χ1) is 12.1. The molecule has 0 radical (unpaired) electrons. The predicted octanol–water partition coefficient (Wildman–Crippen LogP) is 1.97. The average Bonchev–Trinajstić information content (AvgIpc) is 3.11. The normalized spacial score (nSPS) is 16.8. The van der Waals surface area contributed by atoms with Crippen molar-refractivity contribution >= 4 is 5.91 Å².